The summed E-state index contributed by atoms with van der Waals surface area (Å²) in [6.07, 6.45) is 3.41. The van der Waals surface area contributed by atoms with Crippen molar-refractivity contribution in [2.75, 3.05) is 19.6 Å². The number of rotatable bonds is 3. The average molecular weight is 184 g/mol. The molecule has 1 saturated heterocycles. The molecular weight excluding hydrogens is 164 g/mol. The summed E-state index contributed by atoms with van der Waals surface area (Å²) in [5, 5.41) is 10.8. The van der Waals surface area contributed by atoms with Crippen molar-refractivity contribution in [3.05, 3.63) is 0 Å². The van der Waals surface area contributed by atoms with Crippen LogP contribution >= 0.6 is 0 Å². The van der Waals surface area contributed by atoms with Gasteiger partial charge in [-0.2, -0.15) is 0 Å². The molecule has 1 aliphatic heterocycles. The van der Waals surface area contributed by atoms with E-state index in [9.17, 15) is 0 Å². The lowest BCUT2D eigenvalue weighted by molar-refractivity contribution is 0.280. The molecule has 1 fully saturated rings. The Kier molecular flexibility index (Phi) is 4.02. The summed E-state index contributed by atoms with van der Waals surface area (Å²) < 4.78 is 0. The highest BCUT2D eigenvalue weighted by atomic mass is 15.2. The highest BCUT2D eigenvalue weighted by Gasteiger charge is 2.18. The Morgan fingerprint density at radius 1 is 1.54 bits per heavy atom. The van der Waals surface area contributed by atoms with Gasteiger partial charge < -0.3 is 16.0 Å². The zero-order chi connectivity index (χ0) is 9.68. The van der Waals surface area contributed by atoms with Gasteiger partial charge >= 0.3 is 0 Å². The molecule has 4 nitrogen and oxygen atoms in total. The van der Waals surface area contributed by atoms with Crippen LogP contribution < -0.4 is 11.1 Å². The number of guanidine groups is 1. The Morgan fingerprint density at radius 2 is 2.15 bits per heavy atom. The van der Waals surface area contributed by atoms with Crippen molar-refractivity contribution < 1.29 is 0 Å². The van der Waals surface area contributed by atoms with E-state index in [4.69, 9.17) is 11.1 Å². The van der Waals surface area contributed by atoms with Crippen molar-refractivity contribution in [3.8, 4) is 0 Å². The van der Waals surface area contributed by atoms with Gasteiger partial charge in [0.15, 0.2) is 5.96 Å². The molecule has 4 N–H and O–H groups in total. The van der Waals surface area contributed by atoms with Gasteiger partial charge in [-0.3, -0.25) is 5.41 Å². The van der Waals surface area contributed by atoms with Gasteiger partial charge in [0.05, 0.1) is 0 Å². The third kappa shape index (κ3) is 3.22. The Labute approximate surface area is 80.0 Å². The largest absolute Gasteiger partial charge is 0.370 e. The van der Waals surface area contributed by atoms with Crippen LogP contribution in [-0.4, -0.2) is 36.5 Å². The summed E-state index contributed by atoms with van der Waals surface area (Å²) in [6.45, 7) is 5.13. The molecule has 0 amide bonds. The third-order valence-electron chi connectivity index (χ3n) is 2.52. The molecule has 0 bridgehead atoms. The van der Waals surface area contributed by atoms with Crippen LogP contribution in [0.3, 0.4) is 0 Å². The Balaban J connectivity index is 2.18. The average Bonchev–Trinajstić information content (AvgIpc) is 2.15. The van der Waals surface area contributed by atoms with Gasteiger partial charge in [-0.05, 0) is 25.8 Å². The predicted molar refractivity (Wildman–Crippen MR) is 54.8 cm³/mol. The second kappa shape index (κ2) is 5.07. The minimum atomic E-state index is 0.217. The Bertz CT molecular complexity index is 161. The second-order valence-corrected chi connectivity index (χ2v) is 3.60. The van der Waals surface area contributed by atoms with E-state index < -0.39 is 0 Å². The predicted octanol–water partition coefficient (Wildman–Crippen LogP) is 0.344. The molecule has 1 rings (SSSR count). The van der Waals surface area contributed by atoms with Crippen molar-refractivity contribution in [1.82, 2.24) is 10.2 Å². The van der Waals surface area contributed by atoms with Crippen LogP contribution in [0.15, 0.2) is 0 Å². The SMILES string of the molecule is CCCNC1CCN(C(=N)N)CC1. The molecule has 0 aromatic rings. The van der Waals surface area contributed by atoms with Gasteiger partial charge in [0, 0.05) is 19.1 Å². The molecule has 0 aromatic carbocycles. The van der Waals surface area contributed by atoms with Crippen LogP contribution in [0.4, 0.5) is 0 Å². The minimum absolute atomic E-state index is 0.217. The van der Waals surface area contributed by atoms with Crippen LogP contribution in [-0.2, 0) is 0 Å². The third-order valence-corrected chi connectivity index (χ3v) is 2.52. The first-order chi connectivity index (χ1) is 6.24. The quantitative estimate of drug-likeness (QED) is 0.438. The van der Waals surface area contributed by atoms with E-state index in [0.29, 0.717) is 6.04 Å². The van der Waals surface area contributed by atoms with Crippen LogP contribution in [0.25, 0.3) is 0 Å². The lowest BCUT2D eigenvalue weighted by atomic mass is 10.1. The number of hydrogen-bond donors (Lipinski definition) is 3. The lowest BCUT2D eigenvalue weighted by Gasteiger charge is -2.32. The maximum atomic E-state index is 7.28. The van der Waals surface area contributed by atoms with E-state index in [-0.39, 0.29) is 5.96 Å². The van der Waals surface area contributed by atoms with Crippen LogP contribution in [0.1, 0.15) is 26.2 Å². The van der Waals surface area contributed by atoms with Crippen LogP contribution in [0.2, 0.25) is 0 Å². The maximum Gasteiger partial charge on any atom is 0.188 e. The van der Waals surface area contributed by atoms with E-state index in [2.05, 4.69) is 12.2 Å². The topological polar surface area (TPSA) is 65.1 Å². The van der Waals surface area contributed by atoms with Crippen molar-refractivity contribution in [3.63, 3.8) is 0 Å². The Morgan fingerprint density at radius 3 is 2.62 bits per heavy atom. The summed E-state index contributed by atoms with van der Waals surface area (Å²) in [5.74, 6) is 0.217. The van der Waals surface area contributed by atoms with Crippen LogP contribution in [0.5, 0.6) is 0 Å². The number of hydrogen-bond acceptors (Lipinski definition) is 2. The highest BCUT2D eigenvalue weighted by Crippen LogP contribution is 2.09. The normalized spacial score (nSPS) is 19.0. The molecule has 0 aliphatic carbocycles. The molecule has 76 valence electrons. The van der Waals surface area contributed by atoms with E-state index >= 15 is 0 Å². The number of likely N-dealkylation sites (tertiary alicyclic amines) is 1. The molecule has 1 aliphatic rings. The summed E-state index contributed by atoms with van der Waals surface area (Å²) in [7, 11) is 0. The van der Waals surface area contributed by atoms with Crippen LogP contribution in [0, 0.1) is 5.41 Å². The fraction of sp³-hybridized carbons (Fsp3) is 0.889. The molecular formula is C9H20N4. The molecule has 0 radical (unpaired) electrons. The molecule has 0 saturated carbocycles. The molecule has 0 unspecified atom stereocenters. The number of piperidine rings is 1. The van der Waals surface area contributed by atoms with Crippen molar-refractivity contribution >= 4 is 5.96 Å². The molecule has 0 spiro atoms. The van der Waals surface area contributed by atoms with Gasteiger partial charge in [-0.15, -0.1) is 0 Å². The zero-order valence-corrected chi connectivity index (χ0v) is 8.34. The fourth-order valence-corrected chi connectivity index (χ4v) is 1.67. The van der Waals surface area contributed by atoms with Gasteiger partial charge in [-0.1, -0.05) is 6.92 Å². The molecule has 1 heterocycles. The highest BCUT2D eigenvalue weighted by molar-refractivity contribution is 5.74. The first-order valence-corrected chi connectivity index (χ1v) is 5.06. The molecule has 0 atom stereocenters. The van der Waals surface area contributed by atoms with E-state index in [1.54, 1.807) is 0 Å². The smallest absolute Gasteiger partial charge is 0.188 e. The first-order valence-electron chi connectivity index (χ1n) is 5.06. The maximum absolute atomic E-state index is 7.28. The zero-order valence-electron chi connectivity index (χ0n) is 8.34. The Hall–Kier alpha value is -0.770. The lowest BCUT2D eigenvalue weighted by Crippen LogP contribution is -2.47. The molecule has 0 aromatic heterocycles. The minimum Gasteiger partial charge on any atom is -0.370 e. The van der Waals surface area contributed by atoms with Crippen molar-refractivity contribution in [2.24, 2.45) is 5.73 Å². The number of nitrogens with one attached hydrogen (secondary N) is 2. The molecule has 13 heavy (non-hydrogen) atoms. The van der Waals surface area contributed by atoms with Gasteiger partial charge in [0.25, 0.3) is 0 Å². The second-order valence-electron chi connectivity index (χ2n) is 3.60. The van der Waals surface area contributed by atoms with Crippen molar-refractivity contribution in [2.45, 2.75) is 32.2 Å². The number of nitrogens with zero attached hydrogens (tertiary/aromatic N) is 1. The van der Waals surface area contributed by atoms with E-state index in [1.165, 1.54) is 6.42 Å². The summed E-state index contributed by atoms with van der Waals surface area (Å²) in [4.78, 5) is 1.93. The van der Waals surface area contributed by atoms with Crippen molar-refractivity contribution in [1.29, 1.82) is 5.41 Å². The standard InChI is InChI=1S/C9H20N4/c1-2-5-12-8-3-6-13(7-4-8)9(10)11/h8,12H,2-7H2,1H3,(H3,10,11). The van der Waals surface area contributed by atoms with E-state index in [0.717, 1.165) is 32.5 Å². The van der Waals surface area contributed by atoms with Gasteiger partial charge in [-0.25, -0.2) is 0 Å². The summed E-state index contributed by atoms with van der Waals surface area (Å²) in [6, 6.07) is 0.635. The first kappa shape index (κ1) is 10.3. The summed E-state index contributed by atoms with van der Waals surface area (Å²) >= 11 is 0. The van der Waals surface area contributed by atoms with E-state index in [1.807, 2.05) is 4.90 Å². The molecule has 4 heteroatoms. The van der Waals surface area contributed by atoms with Gasteiger partial charge in [0.2, 0.25) is 0 Å². The summed E-state index contributed by atoms with van der Waals surface area (Å²) in [5.41, 5.74) is 5.40. The van der Waals surface area contributed by atoms with Gasteiger partial charge in [0.1, 0.15) is 0 Å². The monoisotopic (exact) mass is 184 g/mol. The number of nitrogens with two attached hydrogens (primary N) is 1. The fourth-order valence-electron chi connectivity index (χ4n) is 1.67.